The molecule has 1 aromatic carbocycles. The summed E-state index contributed by atoms with van der Waals surface area (Å²) in [5.41, 5.74) is -0.0258. The lowest BCUT2D eigenvalue weighted by atomic mass is 10.0. The van der Waals surface area contributed by atoms with Crippen LogP contribution in [0.4, 0.5) is 0 Å². The maximum absolute atomic E-state index is 11.0. The number of methoxy groups -OCH3 is 1. The minimum atomic E-state index is -1.02. The summed E-state index contributed by atoms with van der Waals surface area (Å²) in [4.78, 5) is 20.9. The minimum absolute atomic E-state index is 0.421. The number of rotatable bonds is 6. The van der Waals surface area contributed by atoms with E-state index in [2.05, 4.69) is 9.62 Å². The van der Waals surface area contributed by atoms with Crippen molar-refractivity contribution in [3.8, 4) is 0 Å². The fourth-order valence-electron chi connectivity index (χ4n) is 1.94. The molecule has 0 saturated carbocycles. The van der Waals surface area contributed by atoms with Gasteiger partial charge in [0.2, 0.25) is 0 Å². The van der Waals surface area contributed by atoms with E-state index in [1.807, 2.05) is 30.3 Å². The van der Waals surface area contributed by atoms with E-state index in [0.717, 1.165) is 5.56 Å². The Morgan fingerprint density at radius 3 is 2.80 bits per heavy atom. The summed E-state index contributed by atoms with van der Waals surface area (Å²) in [5, 5.41) is 10.6. The van der Waals surface area contributed by atoms with Crippen LogP contribution in [0.1, 0.15) is 12.5 Å². The Labute approximate surface area is 117 Å². The van der Waals surface area contributed by atoms with Gasteiger partial charge in [0.1, 0.15) is 0 Å². The molecule has 1 heterocycles. The smallest absolute Gasteiger partial charge is 0.330 e. The van der Waals surface area contributed by atoms with Crippen molar-refractivity contribution in [1.29, 1.82) is 0 Å². The number of benzene rings is 1. The molecule has 0 amide bonds. The molecule has 1 aromatic rings. The van der Waals surface area contributed by atoms with Gasteiger partial charge in [-0.25, -0.2) is 14.9 Å². The Morgan fingerprint density at radius 2 is 2.20 bits per heavy atom. The highest BCUT2D eigenvalue weighted by atomic mass is 17.1. The molecule has 20 heavy (non-hydrogen) atoms. The topological polar surface area (TPSA) is 71.3 Å². The Bertz CT molecular complexity index is 490. The van der Waals surface area contributed by atoms with E-state index in [1.54, 1.807) is 6.92 Å². The highest BCUT2D eigenvalue weighted by Crippen LogP contribution is 2.35. The Morgan fingerprint density at radius 1 is 1.50 bits per heavy atom. The lowest BCUT2D eigenvalue weighted by Crippen LogP contribution is -2.40. The van der Waals surface area contributed by atoms with Crippen LogP contribution in [0, 0.1) is 0 Å². The molecule has 0 aromatic heterocycles. The number of hydrogen-bond donors (Lipinski definition) is 1. The molecule has 6 heteroatoms. The number of nitrogens with zero attached hydrogens (tertiary/aromatic N) is 1. The number of carbonyl (C=O) groups excluding carboxylic acids is 1. The van der Waals surface area contributed by atoms with Gasteiger partial charge in [0, 0.05) is 12.5 Å². The highest BCUT2D eigenvalue weighted by Gasteiger charge is 2.50. The molecule has 0 spiro atoms. The van der Waals surface area contributed by atoms with Crippen molar-refractivity contribution in [2.45, 2.75) is 25.3 Å². The molecular weight excluding hydrogens is 262 g/mol. The summed E-state index contributed by atoms with van der Waals surface area (Å²) < 4.78 is 4.49. The number of carbonyl (C=O) groups is 1. The third kappa shape index (κ3) is 3.43. The predicted octanol–water partition coefficient (Wildman–Crippen LogP) is 1.74. The van der Waals surface area contributed by atoms with Crippen molar-refractivity contribution < 1.29 is 24.5 Å². The van der Waals surface area contributed by atoms with Crippen LogP contribution in [0.15, 0.2) is 42.5 Å². The van der Waals surface area contributed by atoms with Crippen molar-refractivity contribution >= 4 is 5.97 Å². The van der Waals surface area contributed by atoms with Crippen LogP contribution in [0.25, 0.3) is 0 Å². The predicted molar refractivity (Wildman–Crippen MR) is 70.1 cm³/mol. The molecule has 3 atom stereocenters. The second-order valence-electron chi connectivity index (χ2n) is 4.63. The van der Waals surface area contributed by atoms with Crippen LogP contribution in [-0.2, 0) is 25.7 Å². The van der Waals surface area contributed by atoms with Crippen LogP contribution in [0.3, 0.4) is 0 Å². The Balaban J connectivity index is 1.99. The Hall–Kier alpha value is -1.73. The molecule has 1 fully saturated rings. The average molecular weight is 279 g/mol. The largest absolute Gasteiger partial charge is 0.466 e. The second-order valence-corrected chi connectivity index (χ2v) is 4.63. The molecule has 1 aliphatic rings. The fraction of sp³-hybridized carbons (Fsp3) is 0.357. The van der Waals surface area contributed by atoms with Gasteiger partial charge in [0.05, 0.1) is 7.11 Å². The first-order valence-corrected chi connectivity index (χ1v) is 6.18. The summed E-state index contributed by atoms with van der Waals surface area (Å²) in [6, 6.07) is 9.59. The van der Waals surface area contributed by atoms with Crippen molar-refractivity contribution in [3.63, 3.8) is 0 Å². The standard InChI is InChI=1S/C14H17NO5/c1-14(20-17,10-11-6-4-3-5-7-11)15-12(19-15)8-9-13(16)18-2/h3-9,12,17H,10H2,1-2H3/b9-8-. The van der Waals surface area contributed by atoms with Crippen molar-refractivity contribution in [2.75, 3.05) is 7.11 Å². The monoisotopic (exact) mass is 279 g/mol. The molecule has 1 aliphatic heterocycles. The van der Waals surface area contributed by atoms with Gasteiger partial charge in [-0.05, 0) is 18.6 Å². The van der Waals surface area contributed by atoms with Crippen LogP contribution >= 0.6 is 0 Å². The zero-order valence-corrected chi connectivity index (χ0v) is 11.4. The van der Waals surface area contributed by atoms with E-state index in [0.29, 0.717) is 6.42 Å². The van der Waals surface area contributed by atoms with Crippen molar-refractivity contribution in [1.82, 2.24) is 5.06 Å². The minimum Gasteiger partial charge on any atom is -0.466 e. The summed E-state index contributed by atoms with van der Waals surface area (Å²) >= 11 is 0. The van der Waals surface area contributed by atoms with Gasteiger partial charge < -0.3 is 4.74 Å². The lowest BCUT2D eigenvalue weighted by Gasteiger charge is -2.24. The summed E-state index contributed by atoms with van der Waals surface area (Å²) in [6.45, 7) is 1.70. The quantitative estimate of drug-likeness (QED) is 0.281. The van der Waals surface area contributed by atoms with E-state index in [1.165, 1.54) is 24.3 Å². The third-order valence-electron chi connectivity index (χ3n) is 3.04. The first kappa shape index (κ1) is 14.7. The van der Waals surface area contributed by atoms with E-state index < -0.39 is 17.9 Å². The highest BCUT2D eigenvalue weighted by molar-refractivity contribution is 5.81. The van der Waals surface area contributed by atoms with Gasteiger partial charge in [-0.3, -0.25) is 4.84 Å². The molecule has 1 saturated heterocycles. The molecule has 0 aliphatic carbocycles. The molecule has 0 radical (unpaired) electrons. The van der Waals surface area contributed by atoms with E-state index in [9.17, 15) is 4.79 Å². The number of hydrogen-bond acceptors (Lipinski definition) is 6. The van der Waals surface area contributed by atoms with Crippen LogP contribution in [-0.4, -0.2) is 35.4 Å². The summed E-state index contributed by atoms with van der Waals surface area (Å²) in [6.07, 6.45) is 2.82. The lowest BCUT2D eigenvalue weighted by molar-refractivity contribution is -0.359. The molecule has 6 nitrogen and oxygen atoms in total. The number of esters is 1. The zero-order valence-electron chi connectivity index (χ0n) is 11.4. The van der Waals surface area contributed by atoms with Gasteiger partial charge in [0.25, 0.3) is 0 Å². The van der Waals surface area contributed by atoms with E-state index in [4.69, 9.17) is 10.1 Å². The Kier molecular flexibility index (Phi) is 4.51. The number of hydroxylamine groups is 2. The molecule has 1 N–H and O–H groups in total. The SMILES string of the molecule is COC(=O)/C=C\C1ON1C(C)(Cc1ccccc1)OO. The maximum atomic E-state index is 11.0. The average Bonchev–Trinajstić information content (AvgIpc) is 3.26. The summed E-state index contributed by atoms with van der Waals surface area (Å²) in [5.74, 6) is -0.463. The van der Waals surface area contributed by atoms with Crippen molar-refractivity contribution in [3.05, 3.63) is 48.0 Å². The first-order chi connectivity index (χ1) is 9.59. The third-order valence-corrected chi connectivity index (χ3v) is 3.04. The molecule has 2 rings (SSSR count). The first-order valence-electron chi connectivity index (χ1n) is 6.18. The van der Waals surface area contributed by atoms with Crippen LogP contribution in [0.5, 0.6) is 0 Å². The van der Waals surface area contributed by atoms with Gasteiger partial charge >= 0.3 is 5.97 Å². The van der Waals surface area contributed by atoms with Crippen molar-refractivity contribution in [2.24, 2.45) is 0 Å². The van der Waals surface area contributed by atoms with Gasteiger partial charge in [-0.2, -0.15) is 0 Å². The second kappa shape index (κ2) is 6.15. The van der Waals surface area contributed by atoms with Gasteiger partial charge in [0.15, 0.2) is 12.0 Å². The van der Waals surface area contributed by atoms with E-state index >= 15 is 0 Å². The van der Waals surface area contributed by atoms with Gasteiger partial charge in [-0.15, -0.1) is 5.06 Å². The normalized spacial score (nSPS) is 24.4. The molecule has 3 unspecified atom stereocenters. The molecular formula is C14H17NO5. The fourth-order valence-corrected chi connectivity index (χ4v) is 1.94. The van der Waals surface area contributed by atoms with E-state index in [-0.39, 0.29) is 0 Å². The zero-order chi connectivity index (χ0) is 14.6. The maximum Gasteiger partial charge on any atom is 0.330 e. The van der Waals surface area contributed by atoms with Gasteiger partial charge in [-0.1, -0.05) is 30.3 Å². The molecule has 0 bridgehead atoms. The number of ether oxygens (including phenoxy) is 1. The van der Waals surface area contributed by atoms with Crippen LogP contribution < -0.4 is 0 Å². The summed E-state index contributed by atoms with van der Waals surface area (Å²) in [7, 11) is 1.30. The molecule has 108 valence electrons. The van der Waals surface area contributed by atoms with Crippen LogP contribution in [0.2, 0.25) is 0 Å².